The Morgan fingerprint density at radius 3 is 2.65 bits per heavy atom. The molecule has 1 aliphatic heterocycles. The summed E-state index contributed by atoms with van der Waals surface area (Å²) < 4.78 is 0. The summed E-state index contributed by atoms with van der Waals surface area (Å²) >= 11 is 5.13. The van der Waals surface area contributed by atoms with Crippen LogP contribution >= 0.6 is 12.2 Å². The zero-order chi connectivity index (χ0) is 12.3. The van der Waals surface area contributed by atoms with Gasteiger partial charge in [-0.3, -0.25) is 4.79 Å². The molecule has 0 atom stereocenters. The molecule has 0 spiro atoms. The second-order valence-corrected chi connectivity index (χ2v) is 4.08. The fourth-order valence-electron chi connectivity index (χ4n) is 1.60. The SMILES string of the molecule is O=C1CNCC(O)=C1C(=S)Nc1ccccc1. The molecule has 0 bridgehead atoms. The highest BCUT2D eigenvalue weighted by atomic mass is 32.1. The van der Waals surface area contributed by atoms with Crippen LogP contribution in [0.4, 0.5) is 5.69 Å². The Balaban J connectivity index is 2.18. The number of benzene rings is 1. The Hall–Kier alpha value is -1.72. The number of carbonyl (C=O) groups excluding carboxylic acids is 1. The summed E-state index contributed by atoms with van der Waals surface area (Å²) in [7, 11) is 0. The van der Waals surface area contributed by atoms with Gasteiger partial charge in [0, 0.05) is 5.69 Å². The first-order valence-corrected chi connectivity index (χ1v) is 5.62. The van der Waals surface area contributed by atoms with Crippen molar-refractivity contribution in [1.82, 2.24) is 5.32 Å². The van der Waals surface area contributed by atoms with Crippen LogP contribution in [0.1, 0.15) is 0 Å². The van der Waals surface area contributed by atoms with Gasteiger partial charge in [0.15, 0.2) is 5.78 Å². The van der Waals surface area contributed by atoms with E-state index in [0.717, 1.165) is 5.69 Å². The molecule has 0 aliphatic carbocycles. The van der Waals surface area contributed by atoms with Crippen LogP contribution in [-0.4, -0.2) is 29.0 Å². The summed E-state index contributed by atoms with van der Waals surface area (Å²) in [5.74, 6) is -0.197. The summed E-state index contributed by atoms with van der Waals surface area (Å²) in [6.07, 6.45) is 0. The molecule has 1 aliphatic rings. The zero-order valence-electron chi connectivity index (χ0n) is 9.06. The van der Waals surface area contributed by atoms with Crippen LogP contribution < -0.4 is 10.6 Å². The van der Waals surface area contributed by atoms with Crippen LogP contribution in [0.3, 0.4) is 0 Å². The number of para-hydroxylation sites is 1. The Morgan fingerprint density at radius 2 is 2.00 bits per heavy atom. The molecule has 0 aromatic heterocycles. The predicted octanol–water partition coefficient (Wildman–Crippen LogP) is 1.41. The van der Waals surface area contributed by atoms with Gasteiger partial charge in [0.25, 0.3) is 0 Å². The van der Waals surface area contributed by atoms with Crippen molar-refractivity contribution in [3.05, 3.63) is 41.7 Å². The quantitative estimate of drug-likeness (QED) is 0.691. The van der Waals surface area contributed by atoms with Crippen LogP contribution in [0.2, 0.25) is 0 Å². The largest absolute Gasteiger partial charge is 0.510 e. The van der Waals surface area contributed by atoms with Gasteiger partial charge in [-0.2, -0.15) is 0 Å². The van der Waals surface area contributed by atoms with E-state index in [4.69, 9.17) is 12.2 Å². The molecule has 0 unspecified atom stereocenters. The van der Waals surface area contributed by atoms with E-state index in [9.17, 15) is 9.90 Å². The molecule has 0 saturated heterocycles. The number of aliphatic hydroxyl groups is 1. The molecular weight excluding hydrogens is 236 g/mol. The number of nitrogens with one attached hydrogen (secondary N) is 2. The Bertz CT molecular complexity index is 483. The van der Waals surface area contributed by atoms with E-state index in [2.05, 4.69) is 10.6 Å². The smallest absolute Gasteiger partial charge is 0.183 e. The Kier molecular flexibility index (Phi) is 3.51. The van der Waals surface area contributed by atoms with E-state index < -0.39 is 0 Å². The van der Waals surface area contributed by atoms with Gasteiger partial charge >= 0.3 is 0 Å². The first-order chi connectivity index (χ1) is 8.18. The molecule has 0 amide bonds. The topological polar surface area (TPSA) is 61.4 Å². The molecule has 1 aromatic carbocycles. The van der Waals surface area contributed by atoms with Crippen LogP contribution in [0.25, 0.3) is 0 Å². The van der Waals surface area contributed by atoms with E-state index >= 15 is 0 Å². The van der Waals surface area contributed by atoms with Crippen molar-refractivity contribution in [3.8, 4) is 0 Å². The highest BCUT2D eigenvalue weighted by Crippen LogP contribution is 2.13. The van der Waals surface area contributed by atoms with Gasteiger partial charge in [-0.25, -0.2) is 0 Å². The summed E-state index contributed by atoms with van der Waals surface area (Å²) in [6.45, 7) is 0.480. The fourth-order valence-corrected chi connectivity index (χ4v) is 1.95. The second kappa shape index (κ2) is 5.07. The van der Waals surface area contributed by atoms with Gasteiger partial charge < -0.3 is 15.7 Å². The highest BCUT2D eigenvalue weighted by Gasteiger charge is 2.23. The maximum atomic E-state index is 11.6. The van der Waals surface area contributed by atoms with Crippen molar-refractivity contribution in [3.63, 3.8) is 0 Å². The fraction of sp³-hybridized carbons (Fsp3) is 0.167. The molecule has 1 aromatic rings. The van der Waals surface area contributed by atoms with Gasteiger partial charge in [0.05, 0.1) is 18.7 Å². The standard InChI is InChI=1S/C12H12N2O2S/c15-9-6-13-7-10(16)11(9)12(17)14-8-4-2-1-3-5-8/h1-5,13,15H,6-7H2,(H,14,17). The minimum atomic E-state index is -0.192. The molecule has 17 heavy (non-hydrogen) atoms. The number of hydrogen-bond donors (Lipinski definition) is 3. The first-order valence-electron chi connectivity index (χ1n) is 5.21. The lowest BCUT2D eigenvalue weighted by molar-refractivity contribution is -0.114. The van der Waals surface area contributed by atoms with Crippen molar-refractivity contribution in [2.75, 3.05) is 18.4 Å². The van der Waals surface area contributed by atoms with E-state index in [1.807, 2.05) is 30.3 Å². The number of aliphatic hydroxyl groups excluding tert-OH is 1. The number of anilines is 1. The third kappa shape index (κ3) is 2.69. The van der Waals surface area contributed by atoms with Crippen LogP contribution in [-0.2, 0) is 4.79 Å². The highest BCUT2D eigenvalue weighted by molar-refractivity contribution is 7.81. The number of ketones is 1. The van der Waals surface area contributed by atoms with Gasteiger partial charge in [-0.15, -0.1) is 0 Å². The van der Waals surface area contributed by atoms with E-state index in [-0.39, 0.29) is 35.2 Å². The molecule has 3 N–H and O–H groups in total. The molecular formula is C12H12N2O2S. The van der Waals surface area contributed by atoms with E-state index in [1.165, 1.54) is 0 Å². The minimum Gasteiger partial charge on any atom is -0.510 e. The lowest BCUT2D eigenvalue weighted by atomic mass is 10.1. The third-order valence-corrected chi connectivity index (χ3v) is 2.71. The number of hydrogen-bond acceptors (Lipinski definition) is 4. The summed E-state index contributed by atoms with van der Waals surface area (Å²) in [5.41, 5.74) is 1.01. The van der Waals surface area contributed by atoms with Gasteiger partial charge in [-0.05, 0) is 12.1 Å². The molecule has 0 saturated carbocycles. The number of thiocarbonyl (C=S) groups is 1. The molecule has 88 valence electrons. The molecule has 2 rings (SSSR count). The van der Waals surface area contributed by atoms with E-state index in [1.54, 1.807) is 0 Å². The van der Waals surface area contributed by atoms with Crippen molar-refractivity contribution in [2.24, 2.45) is 0 Å². The maximum absolute atomic E-state index is 11.6. The number of carbonyl (C=O) groups is 1. The molecule has 5 heteroatoms. The zero-order valence-corrected chi connectivity index (χ0v) is 9.88. The average Bonchev–Trinajstić information content (AvgIpc) is 2.30. The van der Waals surface area contributed by atoms with Crippen molar-refractivity contribution in [2.45, 2.75) is 0 Å². The minimum absolute atomic E-state index is 0.00492. The van der Waals surface area contributed by atoms with Crippen LogP contribution in [0, 0.1) is 0 Å². The predicted molar refractivity (Wildman–Crippen MR) is 70.2 cm³/mol. The van der Waals surface area contributed by atoms with Crippen molar-refractivity contribution >= 4 is 28.7 Å². The number of Topliss-reactive ketones (excluding diaryl/α,β-unsaturated/α-hetero) is 1. The lowest BCUT2D eigenvalue weighted by Crippen LogP contribution is -2.36. The molecule has 1 heterocycles. The van der Waals surface area contributed by atoms with Gasteiger partial charge in [0.1, 0.15) is 10.7 Å². The summed E-state index contributed by atoms with van der Waals surface area (Å²) in [5, 5.41) is 15.4. The van der Waals surface area contributed by atoms with Gasteiger partial charge in [0.2, 0.25) is 0 Å². The normalized spacial score (nSPS) is 15.9. The first kappa shape index (κ1) is 11.8. The average molecular weight is 248 g/mol. The van der Waals surface area contributed by atoms with Crippen LogP contribution in [0.15, 0.2) is 41.7 Å². The number of rotatable bonds is 2. The van der Waals surface area contributed by atoms with Crippen molar-refractivity contribution < 1.29 is 9.90 Å². The molecule has 0 radical (unpaired) electrons. The van der Waals surface area contributed by atoms with E-state index in [0.29, 0.717) is 0 Å². The summed E-state index contributed by atoms with van der Waals surface area (Å²) in [4.78, 5) is 11.9. The third-order valence-electron chi connectivity index (χ3n) is 2.40. The molecule has 4 nitrogen and oxygen atoms in total. The Morgan fingerprint density at radius 1 is 1.29 bits per heavy atom. The Labute approximate surface area is 104 Å². The summed E-state index contributed by atoms with van der Waals surface area (Å²) in [6, 6.07) is 9.30. The van der Waals surface area contributed by atoms with Crippen molar-refractivity contribution in [1.29, 1.82) is 0 Å². The lowest BCUT2D eigenvalue weighted by Gasteiger charge is -2.17. The van der Waals surface area contributed by atoms with Crippen LogP contribution in [0.5, 0.6) is 0 Å². The maximum Gasteiger partial charge on any atom is 0.183 e. The van der Waals surface area contributed by atoms with Gasteiger partial charge in [-0.1, -0.05) is 30.4 Å². The monoisotopic (exact) mass is 248 g/mol. The second-order valence-electron chi connectivity index (χ2n) is 3.67. The molecule has 0 fully saturated rings.